The van der Waals surface area contributed by atoms with Crippen molar-refractivity contribution < 1.29 is 14.3 Å². The summed E-state index contributed by atoms with van der Waals surface area (Å²) in [5.41, 5.74) is 2.58. The number of benzene rings is 1. The number of hydrogen-bond donors (Lipinski definition) is 1. The molecule has 1 saturated carbocycles. The molecule has 1 fully saturated rings. The molecule has 1 aromatic carbocycles. The number of aldehydes is 1. The molecule has 1 heterocycles. The van der Waals surface area contributed by atoms with Crippen molar-refractivity contribution in [2.24, 2.45) is 5.92 Å². The maximum absolute atomic E-state index is 11.2. The molecule has 1 aromatic rings. The molecule has 4 rings (SSSR count). The first-order valence-corrected chi connectivity index (χ1v) is 10.1. The van der Waals surface area contributed by atoms with E-state index in [4.69, 9.17) is 9.47 Å². The lowest BCUT2D eigenvalue weighted by Gasteiger charge is -2.42. The fourth-order valence-corrected chi connectivity index (χ4v) is 7.03. The van der Waals surface area contributed by atoms with Crippen LogP contribution in [0.3, 0.4) is 0 Å². The molecule has 1 spiro atoms. The number of carbonyl (C=O) groups excluding carboxylic acids is 1. The van der Waals surface area contributed by atoms with E-state index in [-0.39, 0.29) is 23.0 Å². The van der Waals surface area contributed by atoms with Crippen LogP contribution in [0.5, 0.6) is 11.5 Å². The largest absolute Gasteiger partial charge is 0.493 e. The Bertz CT molecular complexity index is 779. The second-order valence-electron chi connectivity index (χ2n) is 8.06. The van der Waals surface area contributed by atoms with Crippen molar-refractivity contribution in [1.82, 2.24) is 5.32 Å². The molecule has 0 saturated heterocycles. The van der Waals surface area contributed by atoms with Crippen LogP contribution >= 0.6 is 15.9 Å². The van der Waals surface area contributed by atoms with Crippen molar-refractivity contribution >= 4 is 22.2 Å². The van der Waals surface area contributed by atoms with E-state index in [1.54, 1.807) is 7.11 Å². The monoisotopic (exact) mass is 419 g/mol. The predicted octanol–water partition coefficient (Wildman–Crippen LogP) is 3.89. The molecular weight excluding hydrogens is 394 g/mol. The van der Waals surface area contributed by atoms with E-state index in [1.807, 2.05) is 12.1 Å². The van der Waals surface area contributed by atoms with Crippen LogP contribution < -0.4 is 14.8 Å². The number of fused-ring (bicyclic) bond motifs is 2. The third-order valence-corrected chi connectivity index (χ3v) is 7.59. The number of hydrogen-bond acceptors (Lipinski definition) is 4. The van der Waals surface area contributed by atoms with Crippen molar-refractivity contribution in [3.8, 4) is 11.5 Å². The van der Waals surface area contributed by atoms with Gasteiger partial charge in [-0.2, -0.15) is 0 Å². The average molecular weight is 420 g/mol. The van der Waals surface area contributed by atoms with Gasteiger partial charge in [-0.05, 0) is 37.3 Å². The first-order chi connectivity index (χ1) is 12.5. The predicted molar refractivity (Wildman–Crippen MR) is 105 cm³/mol. The van der Waals surface area contributed by atoms with Crippen LogP contribution in [-0.4, -0.2) is 32.1 Å². The highest BCUT2D eigenvalue weighted by atomic mass is 79.9. The van der Waals surface area contributed by atoms with Crippen LogP contribution in [0.1, 0.15) is 44.2 Å². The Morgan fingerprint density at radius 2 is 2.27 bits per heavy atom. The highest BCUT2D eigenvalue weighted by molar-refractivity contribution is 9.10. The smallest absolute Gasteiger partial charge is 0.165 e. The van der Waals surface area contributed by atoms with E-state index in [0.717, 1.165) is 41.6 Å². The summed E-state index contributed by atoms with van der Waals surface area (Å²) in [5.74, 6) is 2.04. The van der Waals surface area contributed by atoms with Crippen molar-refractivity contribution in [1.29, 1.82) is 0 Å². The van der Waals surface area contributed by atoms with Gasteiger partial charge in [0.25, 0.3) is 0 Å². The van der Waals surface area contributed by atoms with Crippen LogP contribution in [0.15, 0.2) is 23.2 Å². The van der Waals surface area contributed by atoms with Gasteiger partial charge in [0.1, 0.15) is 12.4 Å². The van der Waals surface area contributed by atoms with Crippen LogP contribution in [0, 0.1) is 5.92 Å². The molecule has 1 N–H and O–H groups in total. The van der Waals surface area contributed by atoms with E-state index in [1.165, 1.54) is 11.1 Å². The first kappa shape index (κ1) is 18.1. The maximum Gasteiger partial charge on any atom is 0.165 e. The molecule has 3 aliphatic rings. The molecule has 140 valence electrons. The summed E-state index contributed by atoms with van der Waals surface area (Å²) in [5, 5.41) is 3.72. The molecule has 4 nitrogen and oxygen atoms in total. The minimum Gasteiger partial charge on any atom is -0.493 e. The minimum atomic E-state index is -0.0711. The summed E-state index contributed by atoms with van der Waals surface area (Å²) in [7, 11) is 1.69. The van der Waals surface area contributed by atoms with Gasteiger partial charge in [-0.15, -0.1) is 6.58 Å². The summed E-state index contributed by atoms with van der Waals surface area (Å²) in [4.78, 5) is 11.2. The van der Waals surface area contributed by atoms with E-state index < -0.39 is 0 Å². The third-order valence-electron chi connectivity index (χ3n) is 6.96. The molecule has 0 amide bonds. The Labute approximate surface area is 163 Å². The lowest BCUT2D eigenvalue weighted by molar-refractivity contribution is -0.108. The standard InChI is InChI=1S/C21H26BrNO3/c1-5-8-23-19-13(7-6-9-24)21-11-20(19,3)16-14(22)10-15(25-4)18(17(16)21)26-12(21)2/h5,9-10,12-13,19,23H,1,6-8,11H2,2-4H3/t12?,13?,19?,20?,21-/m1/s1. The van der Waals surface area contributed by atoms with Gasteiger partial charge in [0.15, 0.2) is 11.5 Å². The van der Waals surface area contributed by atoms with Gasteiger partial charge in [0.05, 0.1) is 7.11 Å². The van der Waals surface area contributed by atoms with E-state index >= 15 is 0 Å². The molecule has 2 bridgehead atoms. The topological polar surface area (TPSA) is 47.6 Å². The molecule has 26 heavy (non-hydrogen) atoms. The van der Waals surface area contributed by atoms with Crippen LogP contribution in [0.25, 0.3) is 0 Å². The van der Waals surface area contributed by atoms with Crippen LogP contribution in [0.2, 0.25) is 0 Å². The molecule has 0 aromatic heterocycles. The van der Waals surface area contributed by atoms with Gasteiger partial charge in [0.2, 0.25) is 0 Å². The molecule has 5 atom stereocenters. The fourth-order valence-electron chi connectivity index (χ4n) is 6.17. The average Bonchev–Trinajstić information content (AvgIpc) is 3.16. The zero-order valence-electron chi connectivity index (χ0n) is 15.6. The van der Waals surface area contributed by atoms with Crippen molar-refractivity contribution in [3.63, 3.8) is 0 Å². The summed E-state index contributed by atoms with van der Waals surface area (Å²) < 4.78 is 13.1. The summed E-state index contributed by atoms with van der Waals surface area (Å²) in [6, 6.07) is 2.33. The van der Waals surface area contributed by atoms with Gasteiger partial charge < -0.3 is 19.6 Å². The zero-order valence-corrected chi connectivity index (χ0v) is 17.2. The van der Waals surface area contributed by atoms with E-state index in [9.17, 15) is 4.79 Å². The van der Waals surface area contributed by atoms with Gasteiger partial charge in [-0.1, -0.05) is 28.9 Å². The number of rotatable bonds is 7. The normalized spacial score (nSPS) is 35.9. The number of halogens is 1. The minimum absolute atomic E-state index is 0.0101. The molecule has 5 heteroatoms. The zero-order chi connectivity index (χ0) is 18.7. The number of ether oxygens (including phenoxy) is 2. The number of nitrogens with one attached hydrogen (secondary N) is 1. The SMILES string of the molecule is C=CCNC1C(CCC=O)[C@]23CC1(C)c1c(Br)cc(OC)c(c12)OC3C. The second-order valence-corrected chi connectivity index (χ2v) is 8.91. The second kappa shape index (κ2) is 6.10. The van der Waals surface area contributed by atoms with Gasteiger partial charge >= 0.3 is 0 Å². The van der Waals surface area contributed by atoms with E-state index in [0.29, 0.717) is 12.3 Å². The highest BCUT2D eigenvalue weighted by Gasteiger charge is 2.72. The Morgan fingerprint density at radius 3 is 2.92 bits per heavy atom. The molecule has 0 radical (unpaired) electrons. The van der Waals surface area contributed by atoms with Crippen molar-refractivity contribution in [2.45, 2.75) is 56.1 Å². The van der Waals surface area contributed by atoms with Crippen molar-refractivity contribution in [2.75, 3.05) is 13.7 Å². The fraction of sp³-hybridized carbons (Fsp3) is 0.571. The van der Waals surface area contributed by atoms with Gasteiger partial charge in [-0.25, -0.2) is 0 Å². The molecule has 4 unspecified atom stereocenters. The highest BCUT2D eigenvalue weighted by Crippen LogP contribution is 2.72. The van der Waals surface area contributed by atoms with Crippen molar-refractivity contribution in [3.05, 3.63) is 34.3 Å². The molecule has 2 aliphatic carbocycles. The van der Waals surface area contributed by atoms with E-state index in [2.05, 4.69) is 41.7 Å². The number of methoxy groups -OCH3 is 1. The quantitative estimate of drug-likeness (QED) is 0.537. The Morgan fingerprint density at radius 1 is 1.50 bits per heavy atom. The third kappa shape index (κ3) is 2.02. The summed E-state index contributed by atoms with van der Waals surface area (Å²) >= 11 is 3.81. The Kier molecular flexibility index (Phi) is 4.23. The lowest BCUT2D eigenvalue weighted by Crippen LogP contribution is -2.52. The maximum atomic E-state index is 11.2. The summed E-state index contributed by atoms with van der Waals surface area (Å²) in [6.07, 6.45) is 5.50. The first-order valence-electron chi connectivity index (χ1n) is 9.31. The number of carbonyl (C=O) groups is 1. The summed E-state index contributed by atoms with van der Waals surface area (Å²) in [6.45, 7) is 9.16. The molecule has 1 aliphatic heterocycles. The molecular formula is C21H26BrNO3. The van der Waals surface area contributed by atoms with Gasteiger partial charge in [-0.3, -0.25) is 0 Å². The van der Waals surface area contributed by atoms with Crippen LogP contribution in [0.4, 0.5) is 0 Å². The lowest BCUT2D eigenvalue weighted by atomic mass is 9.64. The van der Waals surface area contributed by atoms with Crippen LogP contribution in [-0.2, 0) is 15.6 Å². The Balaban J connectivity index is 1.94. The Hall–Kier alpha value is -1.33. The van der Waals surface area contributed by atoms with Gasteiger partial charge in [0, 0.05) is 39.9 Å².